The number of amides is 2. The molecule has 1 fully saturated rings. The van der Waals surface area contributed by atoms with E-state index in [9.17, 15) is 22.8 Å². The number of nitrogens with two attached hydrogens (primary N) is 1. The lowest BCUT2D eigenvalue weighted by Gasteiger charge is -2.01. The highest BCUT2D eigenvalue weighted by Gasteiger charge is 2.26. The SMILES string of the molecule is NC(CS(=O)(=O)O)C(=O)O.O=C1CCC(=O)N1O. The maximum absolute atomic E-state index is 10.2. The first kappa shape index (κ1) is 16.4. The number of hydrogen-bond acceptors (Lipinski definition) is 7. The minimum absolute atomic E-state index is 0.148. The molecule has 0 aromatic carbocycles. The predicted octanol–water partition coefficient (Wildman–Crippen LogP) is -2.19. The summed E-state index contributed by atoms with van der Waals surface area (Å²) in [5.74, 6) is -3.43. The van der Waals surface area contributed by atoms with Gasteiger partial charge in [0.25, 0.3) is 21.9 Å². The third kappa shape index (κ3) is 6.24. The molecule has 1 unspecified atom stereocenters. The van der Waals surface area contributed by atoms with Gasteiger partial charge in [-0.05, 0) is 0 Å². The van der Waals surface area contributed by atoms with E-state index in [2.05, 4.69) is 0 Å². The number of imide groups is 1. The first-order valence-electron chi connectivity index (χ1n) is 4.53. The van der Waals surface area contributed by atoms with Gasteiger partial charge >= 0.3 is 5.97 Å². The smallest absolute Gasteiger partial charge is 0.321 e. The second kappa shape index (κ2) is 6.39. The van der Waals surface area contributed by atoms with Crippen molar-refractivity contribution in [2.45, 2.75) is 18.9 Å². The van der Waals surface area contributed by atoms with Crippen LogP contribution in [-0.2, 0) is 24.5 Å². The Morgan fingerprint density at radius 3 is 1.83 bits per heavy atom. The summed E-state index contributed by atoms with van der Waals surface area (Å²) in [5.41, 5.74) is 4.76. The van der Waals surface area contributed by atoms with E-state index in [1.807, 2.05) is 0 Å². The van der Waals surface area contributed by atoms with Gasteiger partial charge in [-0.1, -0.05) is 0 Å². The highest BCUT2D eigenvalue weighted by molar-refractivity contribution is 7.85. The Labute approximate surface area is 102 Å². The number of carboxylic acids is 1. The van der Waals surface area contributed by atoms with E-state index in [1.165, 1.54) is 0 Å². The Hall–Kier alpha value is -1.56. The van der Waals surface area contributed by atoms with Crippen LogP contribution in [0.3, 0.4) is 0 Å². The van der Waals surface area contributed by atoms with Crippen LogP contribution < -0.4 is 5.73 Å². The summed E-state index contributed by atoms with van der Waals surface area (Å²) in [6, 6.07) is -1.56. The number of nitrogens with zero attached hydrogens (tertiary/aromatic N) is 1. The fourth-order valence-electron chi connectivity index (χ4n) is 0.863. The zero-order valence-corrected chi connectivity index (χ0v) is 9.83. The van der Waals surface area contributed by atoms with Gasteiger partial charge in [-0.25, -0.2) is 0 Å². The Morgan fingerprint density at radius 2 is 1.72 bits per heavy atom. The lowest BCUT2D eigenvalue weighted by molar-refractivity contribution is -0.171. The van der Waals surface area contributed by atoms with Crippen LogP contribution in [-0.4, -0.2) is 57.9 Å². The maximum Gasteiger partial charge on any atom is 0.321 e. The molecule has 5 N–H and O–H groups in total. The Kier molecular flexibility index (Phi) is 5.84. The van der Waals surface area contributed by atoms with Crippen LogP contribution in [0.4, 0.5) is 0 Å². The Balaban J connectivity index is 0.000000327. The average Bonchev–Trinajstić information content (AvgIpc) is 2.48. The highest BCUT2D eigenvalue weighted by atomic mass is 32.2. The van der Waals surface area contributed by atoms with Crippen LogP contribution >= 0.6 is 0 Å². The van der Waals surface area contributed by atoms with Crippen LogP contribution in [0.15, 0.2) is 0 Å². The van der Waals surface area contributed by atoms with Crippen LogP contribution in [0, 0.1) is 0 Å². The number of hydrogen-bond donors (Lipinski definition) is 4. The van der Waals surface area contributed by atoms with E-state index in [0.29, 0.717) is 0 Å². The molecule has 0 aliphatic carbocycles. The van der Waals surface area contributed by atoms with Gasteiger partial charge in [0.2, 0.25) is 0 Å². The number of rotatable bonds is 3. The molecule has 0 bridgehead atoms. The second-order valence-electron chi connectivity index (χ2n) is 3.29. The fourth-order valence-corrected chi connectivity index (χ4v) is 1.46. The second-order valence-corrected chi connectivity index (χ2v) is 4.79. The Morgan fingerprint density at radius 1 is 1.33 bits per heavy atom. The zero-order valence-electron chi connectivity index (χ0n) is 9.01. The molecular weight excluding hydrogens is 272 g/mol. The van der Waals surface area contributed by atoms with E-state index in [1.54, 1.807) is 0 Å². The van der Waals surface area contributed by atoms with E-state index in [4.69, 9.17) is 20.6 Å². The first-order valence-corrected chi connectivity index (χ1v) is 6.13. The van der Waals surface area contributed by atoms with E-state index in [0.717, 1.165) is 0 Å². The molecule has 1 heterocycles. The molecule has 1 aliphatic heterocycles. The quantitative estimate of drug-likeness (QED) is 0.254. The minimum Gasteiger partial charge on any atom is -0.480 e. The van der Waals surface area contributed by atoms with Crippen LogP contribution in [0.25, 0.3) is 0 Å². The minimum atomic E-state index is -4.27. The normalized spacial score (nSPS) is 17.2. The number of carboxylic acid groups (broad SMARTS) is 1. The molecule has 0 aromatic heterocycles. The van der Waals surface area contributed by atoms with Gasteiger partial charge in [0.05, 0.1) is 0 Å². The van der Waals surface area contributed by atoms with Crippen molar-refractivity contribution < 1.29 is 37.7 Å². The van der Waals surface area contributed by atoms with Crippen molar-refractivity contribution >= 4 is 27.9 Å². The maximum atomic E-state index is 10.2. The molecule has 1 aliphatic rings. The Bertz CT molecular complexity index is 428. The summed E-state index contributed by atoms with van der Waals surface area (Å²) in [7, 11) is -4.27. The molecule has 2 amide bonds. The van der Waals surface area contributed by atoms with E-state index in [-0.39, 0.29) is 17.9 Å². The van der Waals surface area contributed by atoms with Gasteiger partial charge in [0.1, 0.15) is 11.8 Å². The first-order chi connectivity index (χ1) is 8.04. The molecular formula is C7H12N2O8S. The topological polar surface area (TPSA) is 175 Å². The molecule has 1 rings (SSSR count). The molecule has 0 spiro atoms. The molecule has 10 nitrogen and oxygen atoms in total. The molecule has 0 aromatic rings. The van der Waals surface area contributed by atoms with Gasteiger partial charge < -0.3 is 10.8 Å². The molecule has 0 radical (unpaired) electrons. The van der Waals surface area contributed by atoms with Gasteiger partial charge in [-0.2, -0.15) is 13.5 Å². The summed E-state index contributed by atoms with van der Waals surface area (Å²) in [6.45, 7) is 0. The molecule has 11 heteroatoms. The largest absolute Gasteiger partial charge is 0.480 e. The molecule has 104 valence electrons. The lowest BCUT2D eigenvalue weighted by atomic mass is 10.4. The van der Waals surface area contributed by atoms with Crippen molar-refractivity contribution in [3.63, 3.8) is 0 Å². The number of carbonyl (C=O) groups excluding carboxylic acids is 2. The third-order valence-electron chi connectivity index (χ3n) is 1.73. The summed E-state index contributed by atoms with van der Waals surface area (Å²) in [4.78, 5) is 30.4. The van der Waals surface area contributed by atoms with Crippen molar-refractivity contribution in [3.8, 4) is 0 Å². The molecule has 1 atom stereocenters. The lowest BCUT2D eigenvalue weighted by Crippen LogP contribution is -2.36. The number of hydroxylamine groups is 2. The molecule has 0 saturated carbocycles. The van der Waals surface area contributed by atoms with Gasteiger partial charge in [0.15, 0.2) is 0 Å². The fraction of sp³-hybridized carbons (Fsp3) is 0.571. The van der Waals surface area contributed by atoms with Gasteiger partial charge in [-0.3, -0.25) is 24.1 Å². The van der Waals surface area contributed by atoms with Crippen molar-refractivity contribution in [3.05, 3.63) is 0 Å². The average molecular weight is 284 g/mol. The molecule has 18 heavy (non-hydrogen) atoms. The molecule has 1 saturated heterocycles. The van der Waals surface area contributed by atoms with Crippen LogP contribution in [0.5, 0.6) is 0 Å². The summed E-state index contributed by atoms with van der Waals surface area (Å²) >= 11 is 0. The summed E-state index contributed by atoms with van der Waals surface area (Å²) < 4.78 is 28.0. The number of aliphatic carboxylic acids is 1. The standard InChI is InChI=1S/C4H5NO3.C3H7NO5S/c6-3-1-2-4(7)5(3)8;4-2(3(5)6)1-10(7,8)9/h8H,1-2H2;2H,1,4H2,(H,5,6)(H,7,8,9). The van der Waals surface area contributed by atoms with Gasteiger partial charge in [-0.15, -0.1) is 0 Å². The summed E-state index contributed by atoms with van der Waals surface area (Å²) in [5, 5.41) is 16.6. The highest BCUT2D eigenvalue weighted by Crippen LogP contribution is 2.07. The van der Waals surface area contributed by atoms with Crippen LogP contribution in [0.2, 0.25) is 0 Å². The number of carbonyl (C=O) groups is 3. The van der Waals surface area contributed by atoms with E-state index < -0.39 is 39.7 Å². The van der Waals surface area contributed by atoms with Gasteiger partial charge in [0, 0.05) is 12.8 Å². The van der Waals surface area contributed by atoms with Crippen molar-refractivity contribution in [1.29, 1.82) is 0 Å². The zero-order chi connectivity index (χ0) is 14.5. The van der Waals surface area contributed by atoms with E-state index >= 15 is 0 Å². The van der Waals surface area contributed by atoms with Crippen LogP contribution in [0.1, 0.15) is 12.8 Å². The van der Waals surface area contributed by atoms with Crippen molar-refractivity contribution in [2.75, 3.05) is 5.75 Å². The van der Waals surface area contributed by atoms with Crippen molar-refractivity contribution in [2.24, 2.45) is 5.73 Å². The third-order valence-corrected chi connectivity index (χ3v) is 2.51. The predicted molar refractivity (Wildman–Crippen MR) is 54.9 cm³/mol. The van der Waals surface area contributed by atoms with Crippen molar-refractivity contribution in [1.82, 2.24) is 5.06 Å². The summed E-state index contributed by atoms with van der Waals surface area (Å²) in [6.07, 6.45) is 0.296. The monoisotopic (exact) mass is 284 g/mol.